The van der Waals surface area contributed by atoms with Crippen LogP contribution in [-0.4, -0.2) is 41.5 Å². The summed E-state index contributed by atoms with van der Waals surface area (Å²) in [6.07, 6.45) is 5.43. The van der Waals surface area contributed by atoms with Crippen molar-refractivity contribution in [1.29, 1.82) is 0 Å². The Balaban J connectivity index is 1.81. The van der Waals surface area contributed by atoms with E-state index in [0.717, 1.165) is 11.3 Å². The standard InChI is InChI=1S/C19H27N3O4/c1-5-20-19(25)13(3)21-17(23)11-26-18(24)9-6-15-10-12(2)22(14(15)4)16-7-8-16/h6,9-10,13,16H,5,7-8,11H2,1-4H3,(H,20,25)(H,21,23)/b9-6+/t13-/m0/s1. The summed E-state index contributed by atoms with van der Waals surface area (Å²) < 4.78 is 7.22. The number of carbonyl (C=O) groups excluding carboxylic acids is 3. The summed E-state index contributed by atoms with van der Waals surface area (Å²) >= 11 is 0. The molecule has 0 aromatic carbocycles. The number of aryl methyl sites for hydroxylation is 1. The van der Waals surface area contributed by atoms with Crippen molar-refractivity contribution in [1.82, 2.24) is 15.2 Å². The van der Waals surface area contributed by atoms with Gasteiger partial charge in [-0.1, -0.05) is 0 Å². The molecule has 26 heavy (non-hydrogen) atoms. The van der Waals surface area contributed by atoms with Crippen LogP contribution in [-0.2, 0) is 19.1 Å². The van der Waals surface area contributed by atoms with E-state index in [-0.39, 0.29) is 5.91 Å². The summed E-state index contributed by atoms with van der Waals surface area (Å²) in [6, 6.07) is 1.95. The largest absolute Gasteiger partial charge is 0.452 e. The Bertz CT molecular complexity index is 717. The van der Waals surface area contributed by atoms with Crippen LogP contribution in [0.4, 0.5) is 0 Å². The van der Waals surface area contributed by atoms with Crippen molar-refractivity contribution in [3.05, 3.63) is 29.1 Å². The average Bonchev–Trinajstić information content (AvgIpc) is 3.37. The average molecular weight is 361 g/mol. The minimum absolute atomic E-state index is 0.280. The van der Waals surface area contributed by atoms with Crippen molar-refractivity contribution in [3.8, 4) is 0 Å². The second kappa shape index (κ2) is 8.69. The molecule has 0 aliphatic heterocycles. The minimum atomic E-state index is -0.676. The van der Waals surface area contributed by atoms with Gasteiger partial charge in [-0.2, -0.15) is 0 Å². The molecule has 7 heteroatoms. The lowest BCUT2D eigenvalue weighted by Gasteiger charge is -2.12. The van der Waals surface area contributed by atoms with Crippen LogP contribution in [0.5, 0.6) is 0 Å². The molecule has 1 atom stereocenters. The molecule has 0 saturated heterocycles. The maximum Gasteiger partial charge on any atom is 0.331 e. The topological polar surface area (TPSA) is 89.4 Å². The fraction of sp³-hybridized carbons (Fsp3) is 0.526. The van der Waals surface area contributed by atoms with Crippen LogP contribution >= 0.6 is 0 Å². The molecular weight excluding hydrogens is 334 g/mol. The summed E-state index contributed by atoms with van der Waals surface area (Å²) in [6.45, 7) is 7.52. The van der Waals surface area contributed by atoms with E-state index in [4.69, 9.17) is 4.74 Å². The van der Waals surface area contributed by atoms with E-state index < -0.39 is 24.5 Å². The maximum absolute atomic E-state index is 11.8. The first-order valence-electron chi connectivity index (χ1n) is 8.93. The van der Waals surface area contributed by atoms with Crippen molar-refractivity contribution >= 4 is 23.9 Å². The molecular formula is C19H27N3O4. The van der Waals surface area contributed by atoms with E-state index in [2.05, 4.69) is 22.1 Å². The van der Waals surface area contributed by atoms with Gasteiger partial charge in [-0.15, -0.1) is 0 Å². The molecule has 7 nitrogen and oxygen atoms in total. The molecule has 142 valence electrons. The van der Waals surface area contributed by atoms with Crippen molar-refractivity contribution < 1.29 is 19.1 Å². The highest BCUT2D eigenvalue weighted by Gasteiger charge is 2.26. The van der Waals surface area contributed by atoms with Crippen LogP contribution in [0.3, 0.4) is 0 Å². The van der Waals surface area contributed by atoms with Crippen LogP contribution in [0, 0.1) is 13.8 Å². The fourth-order valence-electron chi connectivity index (χ4n) is 2.88. The fourth-order valence-corrected chi connectivity index (χ4v) is 2.88. The van der Waals surface area contributed by atoms with Crippen molar-refractivity contribution in [2.45, 2.75) is 52.6 Å². The zero-order chi connectivity index (χ0) is 19.3. The lowest BCUT2D eigenvalue weighted by atomic mass is 10.2. The summed E-state index contributed by atoms with van der Waals surface area (Å²) in [5.41, 5.74) is 3.28. The molecule has 1 heterocycles. The summed E-state index contributed by atoms with van der Waals surface area (Å²) in [4.78, 5) is 35.1. The lowest BCUT2D eigenvalue weighted by Crippen LogP contribution is -2.46. The maximum atomic E-state index is 11.8. The normalized spacial score (nSPS) is 14.9. The number of amides is 2. The first-order valence-corrected chi connectivity index (χ1v) is 8.93. The highest BCUT2D eigenvalue weighted by atomic mass is 16.5. The molecule has 1 aliphatic carbocycles. The molecule has 2 N–H and O–H groups in total. The van der Waals surface area contributed by atoms with Crippen molar-refractivity contribution in [3.63, 3.8) is 0 Å². The second-order valence-electron chi connectivity index (χ2n) is 6.55. The first kappa shape index (κ1) is 19.8. The van der Waals surface area contributed by atoms with Gasteiger partial charge in [-0.05, 0) is 58.2 Å². The third-order valence-electron chi connectivity index (χ3n) is 4.30. The van der Waals surface area contributed by atoms with Crippen LogP contribution in [0.1, 0.15) is 49.7 Å². The number of hydrogen-bond acceptors (Lipinski definition) is 4. The molecule has 1 aromatic heterocycles. The summed E-state index contributed by atoms with van der Waals surface area (Å²) in [7, 11) is 0. The number of ether oxygens (including phenoxy) is 1. The Hall–Kier alpha value is -2.57. The molecule has 1 fully saturated rings. The van der Waals surface area contributed by atoms with E-state index in [1.54, 1.807) is 19.9 Å². The Kier molecular flexibility index (Phi) is 6.60. The Morgan fingerprint density at radius 2 is 2.04 bits per heavy atom. The van der Waals surface area contributed by atoms with E-state index in [9.17, 15) is 14.4 Å². The quantitative estimate of drug-likeness (QED) is 0.544. The van der Waals surface area contributed by atoms with E-state index in [1.165, 1.54) is 24.6 Å². The van der Waals surface area contributed by atoms with Crippen LogP contribution in [0.2, 0.25) is 0 Å². The van der Waals surface area contributed by atoms with Crippen molar-refractivity contribution in [2.24, 2.45) is 0 Å². The molecule has 2 amide bonds. The number of nitrogens with zero attached hydrogens (tertiary/aromatic N) is 1. The Morgan fingerprint density at radius 1 is 1.35 bits per heavy atom. The minimum Gasteiger partial charge on any atom is -0.452 e. The predicted octanol–water partition coefficient (Wildman–Crippen LogP) is 1.64. The van der Waals surface area contributed by atoms with Crippen LogP contribution < -0.4 is 10.6 Å². The van der Waals surface area contributed by atoms with Gasteiger partial charge in [-0.3, -0.25) is 9.59 Å². The molecule has 0 unspecified atom stereocenters. The molecule has 0 spiro atoms. The summed E-state index contributed by atoms with van der Waals surface area (Å²) in [5.74, 6) is -1.39. The van der Waals surface area contributed by atoms with Gasteiger partial charge in [0, 0.05) is 30.1 Å². The van der Waals surface area contributed by atoms with E-state index >= 15 is 0 Å². The third-order valence-corrected chi connectivity index (χ3v) is 4.30. The third kappa shape index (κ3) is 5.21. The number of nitrogens with one attached hydrogen (secondary N) is 2. The molecule has 2 rings (SSSR count). The highest BCUT2D eigenvalue weighted by molar-refractivity contribution is 5.91. The van der Waals surface area contributed by atoms with Gasteiger partial charge < -0.3 is 19.9 Å². The Morgan fingerprint density at radius 3 is 2.65 bits per heavy atom. The smallest absolute Gasteiger partial charge is 0.331 e. The number of hydrogen-bond donors (Lipinski definition) is 2. The van der Waals surface area contributed by atoms with Crippen LogP contribution in [0.15, 0.2) is 12.1 Å². The highest BCUT2D eigenvalue weighted by Crippen LogP contribution is 2.38. The predicted molar refractivity (Wildman–Crippen MR) is 98.5 cm³/mol. The summed E-state index contributed by atoms with van der Waals surface area (Å²) in [5, 5.41) is 5.08. The van der Waals surface area contributed by atoms with Gasteiger partial charge in [0.05, 0.1) is 0 Å². The number of rotatable bonds is 8. The molecule has 1 aromatic rings. The van der Waals surface area contributed by atoms with E-state index in [1.807, 2.05) is 13.0 Å². The van der Waals surface area contributed by atoms with Gasteiger partial charge in [0.1, 0.15) is 6.04 Å². The molecule has 0 bridgehead atoms. The zero-order valence-corrected chi connectivity index (χ0v) is 15.8. The van der Waals surface area contributed by atoms with Crippen LogP contribution in [0.25, 0.3) is 6.08 Å². The van der Waals surface area contributed by atoms with Crippen molar-refractivity contribution in [2.75, 3.05) is 13.2 Å². The van der Waals surface area contributed by atoms with Gasteiger partial charge in [0.2, 0.25) is 5.91 Å². The van der Waals surface area contributed by atoms with Gasteiger partial charge in [0.25, 0.3) is 5.91 Å². The molecule has 1 saturated carbocycles. The monoisotopic (exact) mass is 361 g/mol. The molecule has 0 radical (unpaired) electrons. The number of likely N-dealkylation sites (N-methyl/N-ethyl adjacent to an activating group) is 1. The zero-order valence-electron chi connectivity index (χ0n) is 15.8. The lowest BCUT2D eigenvalue weighted by molar-refractivity contribution is -0.144. The number of carbonyl (C=O) groups is 3. The van der Waals surface area contributed by atoms with Gasteiger partial charge in [-0.25, -0.2) is 4.79 Å². The number of esters is 1. The Labute approximate surface area is 153 Å². The first-order chi connectivity index (χ1) is 12.3. The second-order valence-corrected chi connectivity index (χ2v) is 6.55. The van der Waals surface area contributed by atoms with E-state index in [0.29, 0.717) is 12.6 Å². The number of aromatic nitrogens is 1. The molecule has 1 aliphatic rings. The SMILES string of the molecule is CCNC(=O)[C@H](C)NC(=O)COC(=O)/C=C/c1cc(C)n(C2CC2)c1C. The van der Waals surface area contributed by atoms with Gasteiger partial charge in [0.15, 0.2) is 6.61 Å². The van der Waals surface area contributed by atoms with Gasteiger partial charge >= 0.3 is 5.97 Å².